The van der Waals surface area contributed by atoms with Gasteiger partial charge < -0.3 is 4.74 Å². The number of unbranched alkanes of at least 4 members (excludes halogenated alkanes) is 1. The van der Waals surface area contributed by atoms with E-state index in [1.54, 1.807) is 0 Å². The Morgan fingerprint density at radius 1 is 1.40 bits per heavy atom. The molecular weight excluding hydrogens is 124 g/mol. The van der Waals surface area contributed by atoms with Crippen molar-refractivity contribution in [3.63, 3.8) is 0 Å². The van der Waals surface area contributed by atoms with Gasteiger partial charge in [0.2, 0.25) is 0 Å². The Balaban J connectivity index is 1.91. The summed E-state index contributed by atoms with van der Waals surface area (Å²) in [5, 5.41) is 0. The molecule has 0 bridgehead atoms. The van der Waals surface area contributed by atoms with Crippen molar-refractivity contribution in [2.45, 2.75) is 44.6 Å². The molecule has 0 aromatic rings. The fraction of sp³-hybridized carbons (Fsp3) is 0.778. The van der Waals surface area contributed by atoms with Crippen molar-refractivity contribution in [2.75, 3.05) is 0 Å². The van der Waals surface area contributed by atoms with Crippen molar-refractivity contribution >= 4 is 0 Å². The summed E-state index contributed by atoms with van der Waals surface area (Å²) in [4.78, 5) is 0. The summed E-state index contributed by atoms with van der Waals surface area (Å²) in [6, 6.07) is 0. The van der Waals surface area contributed by atoms with E-state index < -0.39 is 0 Å². The first kappa shape index (κ1) is 8.06. The van der Waals surface area contributed by atoms with Crippen LogP contribution in [0, 0.1) is 13.5 Å². The van der Waals surface area contributed by atoms with Gasteiger partial charge in [-0.15, -0.1) is 0 Å². The minimum absolute atomic E-state index is 0.534. The molecular formula is C9H16O. The fourth-order valence-electron chi connectivity index (χ4n) is 1.31. The van der Waals surface area contributed by atoms with E-state index >= 15 is 0 Å². The molecule has 10 heavy (non-hydrogen) atoms. The SMILES string of the molecule is [CH2]CC[CH]OC1CCCC1. The third-order valence-corrected chi connectivity index (χ3v) is 1.91. The van der Waals surface area contributed by atoms with E-state index in [-0.39, 0.29) is 0 Å². The highest BCUT2D eigenvalue weighted by Crippen LogP contribution is 2.21. The van der Waals surface area contributed by atoms with Crippen LogP contribution in [0.1, 0.15) is 38.5 Å². The quantitative estimate of drug-likeness (QED) is 0.545. The van der Waals surface area contributed by atoms with Crippen molar-refractivity contribution in [1.29, 1.82) is 0 Å². The minimum Gasteiger partial charge on any atom is -0.372 e. The van der Waals surface area contributed by atoms with Crippen LogP contribution >= 0.6 is 0 Å². The van der Waals surface area contributed by atoms with Crippen LogP contribution in [-0.2, 0) is 4.74 Å². The summed E-state index contributed by atoms with van der Waals surface area (Å²) in [5.41, 5.74) is 0. The van der Waals surface area contributed by atoms with Gasteiger partial charge in [0.05, 0.1) is 12.7 Å². The van der Waals surface area contributed by atoms with Crippen LogP contribution in [-0.4, -0.2) is 6.10 Å². The zero-order valence-electron chi connectivity index (χ0n) is 6.51. The molecule has 1 rings (SSSR count). The number of rotatable bonds is 4. The van der Waals surface area contributed by atoms with Gasteiger partial charge in [0.25, 0.3) is 0 Å². The van der Waals surface area contributed by atoms with Crippen molar-refractivity contribution < 1.29 is 4.74 Å². The van der Waals surface area contributed by atoms with E-state index in [0.29, 0.717) is 6.10 Å². The Morgan fingerprint density at radius 2 is 2.10 bits per heavy atom. The lowest BCUT2D eigenvalue weighted by Gasteiger charge is -2.08. The second kappa shape index (κ2) is 4.73. The molecule has 1 aliphatic carbocycles. The van der Waals surface area contributed by atoms with Gasteiger partial charge in [0.15, 0.2) is 0 Å². The number of hydrogen-bond acceptors (Lipinski definition) is 1. The van der Waals surface area contributed by atoms with E-state index in [9.17, 15) is 0 Å². The third kappa shape index (κ3) is 2.70. The highest BCUT2D eigenvalue weighted by atomic mass is 16.5. The molecule has 58 valence electrons. The zero-order valence-corrected chi connectivity index (χ0v) is 6.51. The summed E-state index contributed by atoms with van der Waals surface area (Å²) in [6.45, 7) is 5.66. The molecule has 0 amide bonds. The first-order valence-electron chi connectivity index (χ1n) is 4.20. The van der Waals surface area contributed by atoms with E-state index in [1.807, 2.05) is 6.61 Å². The molecule has 0 saturated heterocycles. The van der Waals surface area contributed by atoms with E-state index in [4.69, 9.17) is 4.74 Å². The highest BCUT2D eigenvalue weighted by molar-refractivity contribution is 4.68. The predicted octanol–water partition coefficient (Wildman–Crippen LogP) is 2.72. The molecule has 2 radical (unpaired) electrons. The molecule has 0 atom stereocenters. The Bertz CT molecular complexity index is 74.8. The lowest BCUT2D eigenvalue weighted by molar-refractivity contribution is 0.106. The third-order valence-electron chi connectivity index (χ3n) is 1.91. The smallest absolute Gasteiger partial charge is 0.0840 e. The van der Waals surface area contributed by atoms with Crippen LogP contribution in [0.3, 0.4) is 0 Å². The Morgan fingerprint density at radius 3 is 2.70 bits per heavy atom. The van der Waals surface area contributed by atoms with Crippen molar-refractivity contribution in [3.8, 4) is 0 Å². The summed E-state index contributed by atoms with van der Waals surface area (Å²) in [7, 11) is 0. The van der Waals surface area contributed by atoms with Gasteiger partial charge >= 0.3 is 0 Å². The Labute approximate surface area is 63.8 Å². The lowest BCUT2D eigenvalue weighted by atomic mass is 10.3. The average molecular weight is 140 g/mol. The first-order chi connectivity index (χ1) is 4.93. The predicted molar refractivity (Wildman–Crippen MR) is 42.2 cm³/mol. The maximum absolute atomic E-state index is 5.48. The van der Waals surface area contributed by atoms with Gasteiger partial charge in [0.1, 0.15) is 0 Å². The van der Waals surface area contributed by atoms with Gasteiger partial charge in [-0.05, 0) is 19.3 Å². The van der Waals surface area contributed by atoms with E-state index in [1.165, 1.54) is 25.7 Å². The van der Waals surface area contributed by atoms with Crippen molar-refractivity contribution in [1.82, 2.24) is 0 Å². The first-order valence-corrected chi connectivity index (χ1v) is 4.20. The zero-order chi connectivity index (χ0) is 7.23. The van der Waals surface area contributed by atoms with Gasteiger partial charge in [-0.25, -0.2) is 0 Å². The standard InChI is InChI=1S/C9H16O/c1-2-3-8-10-9-6-4-5-7-9/h8-9H,1-7H2. The molecule has 0 unspecified atom stereocenters. The minimum atomic E-state index is 0.534. The topological polar surface area (TPSA) is 9.23 Å². The highest BCUT2D eigenvalue weighted by Gasteiger charge is 2.14. The second-order valence-electron chi connectivity index (χ2n) is 2.85. The van der Waals surface area contributed by atoms with Crippen LogP contribution in [0.2, 0.25) is 0 Å². The summed E-state index contributed by atoms with van der Waals surface area (Å²) in [5.74, 6) is 0. The van der Waals surface area contributed by atoms with E-state index in [0.717, 1.165) is 12.8 Å². The largest absolute Gasteiger partial charge is 0.372 e. The second-order valence-corrected chi connectivity index (χ2v) is 2.85. The molecule has 0 aliphatic heterocycles. The summed E-state index contributed by atoms with van der Waals surface area (Å²) < 4.78 is 5.48. The molecule has 1 aliphatic rings. The monoisotopic (exact) mass is 140 g/mol. The molecule has 0 spiro atoms. The summed E-state index contributed by atoms with van der Waals surface area (Å²) >= 11 is 0. The number of hydrogen-bond donors (Lipinski definition) is 0. The van der Waals surface area contributed by atoms with Crippen LogP contribution in [0.5, 0.6) is 0 Å². The molecule has 1 nitrogen and oxygen atoms in total. The molecule has 0 heterocycles. The normalized spacial score (nSPS) is 20.1. The van der Waals surface area contributed by atoms with Crippen LogP contribution in [0.15, 0.2) is 0 Å². The van der Waals surface area contributed by atoms with Crippen molar-refractivity contribution in [3.05, 3.63) is 13.5 Å². The Kier molecular flexibility index (Phi) is 3.81. The van der Waals surface area contributed by atoms with Gasteiger partial charge in [-0.1, -0.05) is 26.2 Å². The number of ether oxygens (including phenoxy) is 1. The molecule has 0 aromatic carbocycles. The maximum atomic E-state index is 5.48. The maximum Gasteiger partial charge on any atom is 0.0840 e. The lowest BCUT2D eigenvalue weighted by Crippen LogP contribution is -2.04. The average Bonchev–Trinajstić information content (AvgIpc) is 2.41. The van der Waals surface area contributed by atoms with Crippen LogP contribution in [0.25, 0.3) is 0 Å². The molecule has 0 N–H and O–H groups in total. The fourth-order valence-corrected chi connectivity index (χ4v) is 1.31. The van der Waals surface area contributed by atoms with Crippen molar-refractivity contribution in [2.24, 2.45) is 0 Å². The van der Waals surface area contributed by atoms with Crippen LogP contribution < -0.4 is 0 Å². The molecule has 1 saturated carbocycles. The molecule has 1 fully saturated rings. The van der Waals surface area contributed by atoms with Crippen LogP contribution in [0.4, 0.5) is 0 Å². The molecule has 1 heteroatoms. The summed E-state index contributed by atoms with van der Waals surface area (Å²) in [6.07, 6.45) is 7.70. The van der Waals surface area contributed by atoms with Gasteiger partial charge in [0, 0.05) is 0 Å². The Hall–Kier alpha value is -0.0400. The molecule has 0 aromatic heterocycles. The van der Waals surface area contributed by atoms with Gasteiger partial charge in [-0.2, -0.15) is 0 Å². The van der Waals surface area contributed by atoms with Gasteiger partial charge in [-0.3, -0.25) is 0 Å². The van der Waals surface area contributed by atoms with E-state index in [2.05, 4.69) is 6.92 Å².